The van der Waals surface area contributed by atoms with Crippen molar-refractivity contribution in [2.45, 2.75) is 13.8 Å². The van der Waals surface area contributed by atoms with Gasteiger partial charge in [0.05, 0.1) is 5.56 Å². The van der Waals surface area contributed by atoms with E-state index in [1.54, 1.807) is 36.0 Å². The molecule has 0 spiro atoms. The minimum absolute atomic E-state index is 0.282. The number of nitrogens with zero attached hydrogens (tertiary/aromatic N) is 3. The van der Waals surface area contributed by atoms with Gasteiger partial charge in [0.2, 0.25) is 5.95 Å². The van der Waals surface area contributed by atoms with Crippen molar-refractivity contribution < 1.29 is 9.90 Å². The Bertz CT molecular complexity index is 532. The number of carboxylic acids is 1. The van der Waals surface area contributed by atoms with Crippen LogP contribution in [0.3, 0.4) is 0 Å². The minimum atomic E-state index is -0.935. The summed E-state index contributed by atoms with van der Waals surface area (Å²) in [4.78, 5) is 19.2. The van der Waals surface area contributed by atoms with Crippen LogP contribution in [-0.2, 0) is 0 Å². The van der Waals surface area contributed by atoms with Gasteiger partial charge in [0.15, 0.2) is 0 Å². The molecule has 2 aromatic heterocycles. The van der Waals surface area contributed by atoms with Gasteiger partial charge in [-0.25, -0.2) is 14.8 Å². The summed E-state index contributed by atoms with van der Waals surface area (Å²) in [6.45, 7) is 3.57. The normalized spacial score (nSPS) is 10.4. The fourth-order valence-electron chi connectivity index (χ4n) is 1.69. The second kappa shape index (κ2) is 3.77. The first-order chi connectivity index (χ1) is 7.61. The molecular weight excluding hydrogens is 206 g/mol. The van der Waals surface area contributed by atoms with Gasteiger partial charge in [0.1, 0.15) is 0 Å². The Morgan fingerprint density at radius 2 is 1.94 bits per heavy atom. The summed E-state index contributed by atoms with van der Waals surface area (Å²) in [7, 11) is 0. The van der Waals surface area contributed by atoms with Gasteiger partial charge >= 0.3 is 5.97 Å². The van der Waals surface area contributed by atoms with E-state index in [1.165, 1.54) is 0 Å². The van der Waals surface area contributed by atoms with Gasteiger partial charge in [0, 0.05) is 23.8 Å². The van der Waals surface area contributed by atoms with Crippen LogP contribution in [-0.4, -0.2) is 25.6 Å². The number of carbonyl (C=O) groups is 1. The van der Waals surface area contributed by atoms with Crippen molar-refractivity contribution in [2.75, 3.05) is 0 Å². The van der Waals surface area contributed by atoms with Crippen LogP contribution in [0.4, 0.5) is 0 Å². The van der Waals surface area contributed by atoms with Crippen LogP contribution in [0.25, 0.3) is 5.95 Å². The van der Waals surface area contributed by atoms with Crippen molar-refractivity contribution in [2.24, 2.45) is 0 Å². The Kier molecular flexibility index (Phi) is 2.44. The monoisotopic (exact) mass is 217 g/mol. The van der Waals surface area contributed by atoms with E-state index in [1.807, 2.05) is 6.92 Å². The predicted octanol–water partition coefficient (Wildman–Crippen LogP) is 1.58. The van der Waals surface area contributed by atoms with E-state index in [0.717, 1.165) is 5.69 Å². The molecule has 0 atom stereocenters. The van der Waals surface area contributed by atoms with Crippen LogP contribution in [0, 0.1) is 13.8 Å². The Labute approximate surface area is 92.4 Å². The summed E-state index contributed by atoms with van der Waals surface area (Å²) in [6, 6.07) is 3.34. The molecule has 16 heavy (non-hydrogen) atoms. The van der Waals surface area contributed by atoms with Crippen LogP contribution < -0.4 is 0 Å². The fourth-order valence-corrected chi connectivity index (χ4v) is 1.69. The summed E-state index contributed by atoms with van der Waals surface area (Å²) in [5, 5.41) is 9.00. The molecule has 0 saturated heterocycles. The highest BCUT2D eigenvalue weighted by Gasteiger charge is 2.16. The molecule has 5 heteroatoms. The number of aromatic nitrogens is 3. The lowest BCUT2D eigenvalue weighted by Gasteiger charge is -2.06. The summed E-state index contributed by atoms with van der Waals surface area (Å²) >= 11 is 0. The number of aryl methyl sites for hydroxylation is 1. The molecule has 0 aliphatic rings. The van der Waals surface area contributed by atoms with Crippen molar-refractivity contribution in [3.05, 3.63) is 41.5 Å². The van der Waals surface area contributed by atoms with Crippen molar-refractivity contribution >= 4 is 5.97 Å². The number of aromatic carboxylic acids is 1. The maximum atomic E-state index is 11.0. The molecule has 0 bridgehead atoms. The summed E-state index contributed by atoms with van der Waals surface area (Å²) in [5.74, 6) is -0.444. The van der Waals surface area contributed by atoms with E-state index in [-0.39, 0.29) is 5.56 Å². The zero-order chi connectivity index (χ0) is 11.7. The van der Waals surface area contributed by atoms with Crippen molar-refractivity contribution in [3.63, 3.8) is 0 Å². The third-order valence-corrected chi connectivity index (χ3v) is 2.41. The molecule has 0 aliphatic heterocycles. The predicted molar refractivity (Wildman–Crippen MR) is 57.8 cm³/mol. The molecule has 0 unspecified atom stereocenters. The van der Waals surface area contributed by atoms with Gasteiger partial charge in [-0.1, -0.05) is 0 Å². The van der Waals surface area contributed by atoms with Crippen LogP contribution in [0.2, 0.25) is 0 Å². The molecule has 0 aliphatic carbocycles. The second-order valence-corrected chi connectivity index (χ2v) is 3.47. The van der Waals surface area contributed by atoms with Crippen molar-refractivity contribution in [1.82, 2.24) is 14.5 Å². The first kappa shape index (κ1) is 10.4. The highest BCUT2D eigenvalue weighted by Crippen LogP contribution is 2.17. The zero-order valence-electron chi connectivity index (χ0n) is 9.01. The van der Waals surface area contributed by atoms with Crippen LogP contribution in [0.1, 0.15) is 21.7 Å². The van der Waals surface area contributed by atoms with Gasteiger partial charge in [-0.15, -0.1) is 0 Å². The lowest BCUT2D eigenvalue weighted by molar-refractivity contribution is 0.0696. The Morgan fingerprint density at radius 3 is 2.44 bits per heavy atom. The molecule has 2 rings (SSSR count). The van der Waals surface area contributed by atoms with Crippen LogP contribution in [0.15, 0.2) is 24.5 Å². The lowest BCUT2D eigenvalue weighted by Crippen LogP contribution is -2.05. The molecule has 2 aromatic rings. The van der Waals surface area contributed by atoms with Crippen LogP contribution in [0.5, 0.6) is 0 Å². The molecule has 0 fully saturated rings. The van der Waals surface area contributed by atoms with E-state index < -0.39 is 5.97 Å². The van der Waals surface area contributed by atoms with E-state index >= 15 is 0 Å². The number of hydrogen-bond donors (Lipinski definition) is 1. The molecule has 0 saturated carbocycles. The van der Waals surface area contributed by atoms with Gasteiger partial charge in [-0.2, -0.15) is 0 Å². The van der Waals surface area contributed by atoms with E-state index in [0.29, 0.717) is 11.6 Å². The first-order valence-corrected chi connectivity index (χ1v) is 4.81. The summed E-state index contributed by atoms with van der Waals surface area (Å²) in [6.07, 6.45) is 3.25. The van der Waals surface area contributed by atoms with Crippen LogP contribution >= 0.6 is 0 Å². The fraction of sp³-hybridized carbons (Fsp3) is 0.182. The second-order valence-electron chi connectivity index (χ2n) is 3.47. The minimum Gasteiger partial charge on any atom is -0.478 e. The molecule has 5 nitrogen and oxygen atoms in total. The molecule has 0 amide bonds. The third kappa shape index (κ3) is 1.56. The molecule has 0 radical (unpaired) electrons. The molecule has 0 aromatic carbocycles. The quantitative estimate of drug-likeness (QED) is 0.829. The van der Waals surface area contributed by atoms with Gasteiger partial charge in [0.25, 0.3) is 0 Å². The summed E-state index contributed by atoms with van der Waals surface area (Å²) in [5.41, 5.74) is 1.72. The molecule has 2 heterocycles. The molecule has 82 valence electrons. The average Bonchev–Trinajstić information content (AvgIpc) is 2.56. The van der Waals surface area contributed by atoms with Crippen molar-refractivity contribution in [1.29, 1.82) is 0 Å². The Balaban J connectivity index is 2.63. The Hall–Kier alpha value is -2.17. The smallest absolute Gasteiger partial charge is 0.337 e. The number of rotatable bonds is 2. The van der Waals surface area contributed by atoms with E-state index in [9.17, 15) is 4.79 Å². The lowest BCUT2D eigenvalue weighted by atomic mass is 10.2. The molecule has 1 N–H and O–H groups in total. The van der Waals surface area contributed by atoms with Gasteiger partial charge in [-0.05, 0) is 26.0 Å². The number of hydrogen-bond acceptors (Lipinski definition) is 3. The highest BCUT2D eigenvalue weighted by atomic mass is 16.4. The zero-order valence-corrected chi connectivity index (χ0v) is 9.01. The molecular formula is C11H11N3O2. The maximum absolute atomic E-state index is 11.0. The third-order valence-electron chi connectivity index (χ3n) is 2.41. The number of carboxylic acid groups (broad SMARTS) is 1. The van der Waals surface area contributed by atoms with E-state index in [2.05, 4.69) is 9.97 Å². The highest BCUT2D eigenvalue weighted by molar-refractivity contribution is 5.89. The van der Waals surface area contributed by atoms with Crippen molar-refractivity contribution in [3.8, 4) is 5.95 Å². The Morgan fingerprint density at radius 1 is 1.31 bits per heavy atom. The van der Waals surface area contributed by atoms with Gasteiger partial charge < -0.3 is 5.11 Å². The van der Waals surface area contributed by atoms with Gasteiger partial charge in [-0.3, -0.25) is 4.57 Å². The first-order valence-electron chi connectivity index (χ1n) is 4.81. The maximum Gasteiger partial charge on any atom is 0.337 e. The summed E-state index contributed by atoms with van der Waals surface area (Å²) < 4.78 is 1.73. The standard InChI is InChI=1S/C11H11N3O2/c1-7-6-9(10(15)16)8(2)14(7)11-12-4-3-5-13-11/h3-6H,1-2H3,(H,15,16). The SMILES string of the molecule is Cc1cc(C(=O)O)c(C)n1-c1ncccn1. The topological polar surface area (TPSA) is 68.0 Å². The van der Waals surface area contributed by atoms with E-state index in [4.69, 9.17) is 5.11 Å². The largest absolute Gasteiger partial charge is 0.478 e. The average molecular weight is 217 g/mol.